The first-order valence-corrected chi connectivity index (χ1v) is 14.9. The Balaban J connectivity index is 1.47. The van der Waals surface area contributed by atoms with Gasteiger partial charge in [0.2, 0.25) is 0 Å². The largest absolute Gasteiger partial charge is 0.507 e. The lowest BCUT2D eigenvalue weighted by Gasteiger charge is -2.18. The third-order valence-electron chi connectivity index (χ3n) is 8.23. The second-order valence-corrected chi connectivity index (χ2v) is 11.2. The zero-order chi connectivity index (χ0) is 31.3. The van der Waals surface area contributed by atoms with Crippen LogP contribution in [0.2, 0.25) is 0 Å². The minimum atomic E-state index is -0.328. The predicted molar refractivity (Wildman–Crippen MR) is 178 cm³/mol. The molecule has 6 aromatic carbocycles. The molecule has 224 valence electrons. The van der Waals surface area contributed by atoms with E-state index < -0.39 is 0 Å². The van der Waals surface area contributed by atoms with Gasteiger partial charge in [-0.05, 0) is 92.0 Å². The van der Waals surface area contributed by atoms with E-state index in [0.29, 0.717) is 33.4 Å². The number of aliphatic hydroxyl groups excluding tert-OH is 2. The van der Waals surface area contributed by atoms with Crippen LogP contribution < -0.4 is 0 Å². The number of hydrogen-bond acceptors (Lipinski definition) is 5. The lowest BCUT2D eigenvalue weighted by atomic mass is 9.89. The molecule has 0 aliphatic carbocycles. The molecule has 5 N–H and O–H groups in total. The lowest BCUT2D eigenvalue weighted by molar-refractivity contribution is 0.275. The highest BCUT2D eigenvalue weighted by atomic mass is 16.3. The van der Waals surface area contributed by atoms with Gasteiger partial charge >= 0.3 is 0 Å². The van der Waals surface area contributed by atoms with E-state index in [0.717, 1.165) is 33.4 Å². The van der Waals surface area contributed by atoms with Gasteiger partial charge in [0.25, 0.3) is 0 Å². The van der Waals surface area contributed by atoms with Crippen LogP contribution in [0.3, 0.4) is 0 Å². The van der Waals surface area contributed by atoms with Crippen molar-refractivity contribution in [2.24, 2.45) is 0 Å². The Morgan fingerprint density at radius 1 is 0.311 bits per heavy atom. The molecule has 0 fully saturated rings. The van der Waals surface area contributed by atoms with Gasteiger partial charge in [-0.25, -0.2) is 0 Å². The molecule has 0 aliphatic rings. The van der Waals surface area contributed by atoms with Gasteiger partial charge in [0.15, 0.2) is 0 Å². The summed E-state index contributed by atoms with van der Waals surface area (Å²) in [7, 11) is 0. The molecule has 0 unspecified atom stereocenters. The van der Waals surface area contributed by atoms with Gasteiger partial charge in [0, 0.05) is 24.0 Å². The summed E-state index contributed by atoms with van der Waals surface area (Å²) in [6.45, 7) is -0.657. The summed E-state index contributed by atoms with van der Waals surface area (Å²) in [4.78, 5) is 0. The monoisotopic (exact) mass is 594 g/mol. The SMILES string of the molecule is OCc1cc(-c2ccccc2)cc(Cc2cc(-c3ccccc3)cc(Cc3cc(-c4ccccc4)cc(CO)c3O)c2O)c1O. The molecule has 6 aromatic rings. The molecule has 45 heavy (non-hydrogen) atoms. The van der Waals surface area contributed by atoms with Gasteiger partial charge in [-0.15, -0.1) is 0 Å². The fourth-order valence-electron chi connectivity index (χ4n) is 5.86. The summed E-state index contributed by atoms with van der Waals surface area (Å²) < 4.78 is 0. The number of benzene rings is 6. The standard InChI is InChI=1S/C40H34O5/c41-24-36-20-30(27-12-6-2-7-13-27)18-34(39(36)44)22-32-16-29(26-10-4-1-5-11-26)17-33(38(32)43)23-35-19-31(21-37(25-42)40(35)45)28-14-8-3-9-15-28/h1-21,41-45H,22-25H2. The van der Waals surface area contributed by atoms with E-state index in [2.05, 4.69) is 0 Å². The topological polar surface area (TPSA) is 101 Å². The number of phenolic OH excluding ortho intramolecular Hbond substituents is 1. The van der Waals surface area contributed by atoms with Crippen molar-refractivity contribution in [2.75, 3.05) is 0 Å². The summed E-state index contributed by atoms with van der Waals surface area (Å²) >= 11 is 0. The van der Waals surface area contributed by atoms with Crippen LogP contribution in [0.25, 0.3) is 33.4 Å². The maximum absolute atomic E-state index is 11.7. The van der Waals surface area contributed by atoms with Gasteiger partial charge in [0.1, 0.15) is 17.2 Å². The molecule has 0 aliphatic heterocycles. The Morgan fingerprint density at radius 2 is 0.556 bits per heavy atom. The Kier molecular flexibility index (Phi) is 8.65. The molecule has 0 heterocycles. The van der Waals surface area contributed by atoms with Crippen molar-refractivity contribution in [2.45, 2.75) is 26.1 Å². The second kappa shape index (κ2) is 13.1. The van der Waals surface area contributed by atoms with Crippen LogP contribution in [-0.4, -0.2) is 25.5 Å². The van der Waals surface area contributed by atoms with Crippen LogP contribution in [0.5, 0.6) is 17.2 Å². The van der Waals surface area contributed by atoms with Crippen LogP contribution in [0, 0.1) is 0 Å². The summed E-state index contributed by atoms with van der Waals surface area (Å²) in [5, 5.41) is 54.1. The summed E-state index contributed by atoms with van der Waals surface area (Å²) in [6.07, 6.45) is 0.411. The normalized spacial score (nSPS) is 11.1. The van der Waals surface area contributed by atoms with E-state index in [-0.39, 0.29) is 43.3 Å². The number of aromatic hydroxyl groups is 3. The number of aliphatic hydroxyl groups is 2. The van der Waals surface area contributed by atoms with E-state index in [1.165, 1.54) is 0 Å². The van der Waals surface area contributed by atoms with Gasteiger partial charge in [-0.3, -0.25) is 0 Å². The fraction of sp³-hybridized carbons (Fsp3) is 0.100. The molecule has 0 saturated carbocycles. The highest BCUT2D eigenvalue weighted by Gasteiger charge is 2.19. The molecule has 0 spiro atoms. The number of rotatable bonds is 9. The molecule has 0 aromatic heterocycles. The maximum atomic E-state index is 11.7. The zero-order valence-corrected chi connectivity index (χ0v) is 24.7. The van der Waals surface area contributed by atoms with Crippen LogP contribution in [0.1, 0.15) is 33.4 Å². The van der Waals surface area contributed by atoms with Crippen LogP contribution in [0.4, 0.5) is 0 Å². The van der Waals surface area contributed by atoms with E-state index in [1.807, 2.05) is 115 Å². The van der Waals surface area contributed by atoms with Crippen molar-refractivity contribution in [1.82, 2.24) is 0 Å². The minimum absolute atomic E-state index is 0.0101. The summed E-state index contributed by atoms with van der Waals surface area (Å²) in [5.41, 5.74) is 8.58. The molecule has 0 saturated heterocycles. The maximum Gasteiger partial charge on any atom is 0.124 e. The van der Waals surface area contributed by atoms with E-state index >= 15 is 0 Å². The van der Waals surface area contributed by atoms with E-state index in [1.54, 1.807) is 12.1 Å². The average molecular weight is 595 g/mol. The van der Waals surface area contributed by atoms with Gasteiger partial charge in [-0.1, -0.05) is 91.0 Å². The van der Waals surface area contributed by atoms with Gasteiger partial charge < -0.3 is 25.5 Å². The van der Waals surface area contributed by atoms with Crippen molar-refractivity contribution in [3.05, 3.63) is 161 Å². The van der Waals surface area contributed by atoms with Crippen molar-refractivity contribution in [1.29, 1.82) is 0 Å². The van der Waals surface area contributed by atoms with E-state index in [9.17, 15) is 25.5 Å². The zero-order valence-electron chi connectivity index (χ0n) is 24.7. The highest BCUT2D eigenvalue weighted by molar-refractivity contribution is 5.72. The smallest absolute Gasteiger partial charge is 0.124 e. The summed E-state index contributed by atoms with van der Waals surface area (Å²) in [5.74, 6) is 0.0351. The molecule has 0 radical (unpaired) electrons. The molecule has 6 rings (SSSR count). The van der Waals surface area contributed by atoms with Gasteiger partial charge in [-0.2, -0.15) is 0 Å². The Hall–Kier alpha value is -5.36. The minimum Gasteiger partial charge on any atom is -0.507 e. The predicted octanol–water partition coefficient (Wildman–Crippen LogP) is 7.97. The number of phenols is 3. The van der Waals surface area contributed by atoms with Crippen molar-refractivity contribution < 1.29 is 25.5 Å². The molecular weight excluding hydrogens is 560 g/mol. The molecule has 0 amide bonds. The molecule has 0 bridgehead atoms. The molecule has 5 heteroatoms. The van der Waals surface area contributed by atoms with Crippen LogP contribution >= 0.6 is 0 Å². The van der Waals surface area contributed by atoms with Crippen LogP contribution in [-0.2, 0) is 26.1 Å². The van der Waals surface area contributed by atoms with Crippen molar-refractivity contribution >= 4 is 0 Å². The quantitative estimate of drug-likeness (QED) is 0.117. The lowest BCUT2D eigenvalue weighted by Crippen LogP contribution is -2.00. The number of hydrogen-bond donors (Lipinski definition) is 5. The Morgan fingerprint density at radius 3 is 0.822 bits per heavy atom. The summed E-state index contributed by atoms with van der Waals surface area (Å²) in [6, 6.07) is 40.5. The third kappa shape index (κ3) is 6.31. The first-order valence-electron chi connectivity index (χ1n) is 14.9. The molecular formula is C40H34O5. The fourth-order valence-corrected chi connectivity index (χ4v) is 5.86. The van der Waals surface area contributed by atoms with Crippen molar-refractivity contribution in [3.63, 3.8) is 0 Å². The average Bonchev–Trinajstić information content (AvgIpc) is 3.09. The second-order valence-electron chi connectivity index (χ2n) is 11.2. The Labute approximate surface area is 262 Å². The third-order valence-corrected chi connectivity index (χ3v) is 8.23. The molecule has 5 nitrogen and oxygen atoms in total. The first kappa shape index (κ1) is 29.7. The van der Waals surface area contributed by atoms with Crippen LogP contribution in [0.15, 0.2) is 127 Å². The Bertz CT molecular complexity index is 1810. The van der Waals surface area contributed by atoms with E-state index in [4.69, 9.17) is 0 Å². The molecule has 0 atom stereocenters. The van der Waals surface area contributed by atoms with Crippen molar-refractivity contribution in [3.8, 4) is 50.6 Å². The first-order chi connectivity index (χ1) is 21.9. The highest BCUT2D eigenvalue weighted by Crippen LogP contribution is 2.39. The van der Waals surface area contributed by atoms with Gasteiger partial charge in [0.05, 0.1) is 13.2 Å².